The van der Waals surface area contributed by atoms with Crippen LogP contribution in [0.2, 0.25) is 5.02 Å². The molecule has 5 nitrogen and oxygen atoms in total. The van der Waals surface area contributed by atoms with Crippen LogP contribution in [0.15, 0.2) is 36.4 Å². The van der Waals surface area contributed by atoms with E-state index in [9.17, 15) is 26.7 Å². The Morgan fingerprint density at radius 3 is 1.86 bits per heavy atom. The van der Waals surface area contributed by atoms with Gasteiger partial charge in [0.25, 0.3) is 5.91 Å². The molecule has 0 aliphatic carbocycles. The predicted molar refractivity (Wildman–Crippen MR) is 132 cm³/mol. The van der Waals surface area contributed by atoms with Crippen LogP contribution in [0.4, 0.5) is 39.0 Å². The molecule has 0 aromatic heterocycles. The molecule has 4 rings (SSSR count). The average molecular weight is 540 g/mol. The lowest BCUT2D eigenvalue weighted by atomic mass is 10.1. The first-order chi connectivity index (χ1) is 17.6. The second-order valence-corrected chi connectivity index (χ2v) is 9.03. The van der Waals surface area contributed by atoms with Crippen molar-refractivity contribution in [2.75, 3.05) is 47.9 Å². The fraction of sp³-hybridized carbons (Fsp3) is 0.269. The van der Waals surface area contributed by atoms with Gasteiger partial charge >= 0.3 is 0 Å². The number of nitrogens with zero attached hydrogens (tertiary/aromatic N) is 2. The Balaban J connectivity index is 1.33. The van der Waals surface area contributed by atoms with Crippen LogP contribution in [0.1, 0.15) is 11.1 Å². The van der Waals surface area contributed by atoms with Crippen LogP contribution in [0.5, 0.6) is 5.75 Å². The molecule has 1 aliphatic rings. The van der Waals surface area contributed by atoms with Gasteiger partial charge in [-0.1, -0.05) is 11.6 Å². The van der Waals surface area contributed by atoms with Gasteiger partial charge in [0.15, 0.2) is 29.9 Å². The van der Waals surface area contributed by atoms with Crippen LogP contribution in [0.25, 0.3) is 0 Å². The summed E-state index contributed by atoms with van der Waals surface area (Å²) in [6, 6.07) is 10.4. The summed E-state index contributed by atoms with van der Waals surface area (Å²) in [5.74, 6) is -9.59. The van der Waals surface area contributed by atoms with Gasteiger partial charge in [-0.2, -0.15) is 0 Å². The van der Waals surface area contributed by atoms with Crippen molar-refractivity contribution in [1.82, 2.24) is 0 Å². The van der Waals surface area contributed by atoms with Crippen molar-refractivity contribution in [3.05, 3.63) is 81.6 Å². The minimum atomic E-state index is -2.17. The lowest BCUT2D eigenvalue weighted by molar-refractivity contribution is -0.118. The van der Waals surface area contributed by atoms with Gasteiger partial charge in [0.2, 0.25) is 5.82 Å². The molecule has 3 aromatic carbocycles. The molecule has 0 radical (unpaired) electrons. The topological polar surface area (TPSA) is 44.8 Å². The van der Waals surface area contributed by atoms with E-state index in [0.717, 1.165) is 21.7 Å². The van der Waals surface area contributed by atoms with Gasteiger partial charge in [0.1, 0.15) is 11.4 Å². The van der Waals surface area contributed by atoms with Crippen molar-refractivity contribution in [2.24, 2.45) is 0 Å². The number of aryl methyl sites for hydroxylation is 2. The third-order valence-electron chi connectivity index (χ3n) is 6.08. The quantitative estimate of drug-likeness (QED) is 0.237. The van der Waals surface area contributed by atoms with E-state index in [4.69, 9.17) is 16.3 Å². The standard InChI is InChI=1S/C26H23ClF5N3O2/c1-14-11-18(12-15(2)20(14)27)37-13-19(36)33-16-3-5-17(6-4-16)34-7-9-35(10-8-34)26-24(31)22(29)21(28)23(30)25(26)32/h3-6,11-12H,7-10,13H2,1-2H3,(H,33,36). The first-order valence-corrected chi connectivity index (χ1v) is 11.8. The van der Waals surface area contributed by atoms with Crippen molar-refractivity contribution in [2.45, 2.75) is 13.8 Å². The number of piperazine rings is 1. The third-order valence-corrected chi connectivity index (χ3v) is 6.67. The monoisotopic (exact) mass is 539 g/mol. The fourth-order valence-electron chi connectivity index (χ4n) is 4.15. The summed E-state index contributed by atoms with van der Waals surface area (Å²) < 4.78 is 74.3. The van der Waals surface area contributed by atoms with Gasteiger partial charge < -0.3 is 19.9 Å². The Bertz CT molecular complexity index is 1280. The zero-order valence-electron chi connectivity index (χ0n) is 20.0. The summed E-state index contributed by atoms with van der Waals surface area (Å²) in [6.45, 7) is 4.20. The molecule has 1 fully saturated rings. The fourth-order valence-corrected chi connectivity index (χ4v) is 4.26. The summed E-state index contributed by atoms with van der Waals surface area (Å²) in [4.78, 5) is 15.3. The number of ether oxygens (including phenoxy) is 1. The summed E-state index contributed by atoms with van der Waals surface area (Å²) in [7, 11) is 0. The van der Waals surface area contributed by atoms with Gasteiger partial charge in [0, 0.05) is 42.6 Å². The minimum absolute atomic E-state index is 0.0534. The lowest BCUT2D eigenvalue weighted by Gasteiger charge is -2.37. The van der Waals surface area contributed by atoms with E-state index in [-0.39, 0.29) is 25.6 Å². The largest absolute Gasteiger partial charge is 0.484 e. The Kier molecular flexibility index (Phi) is 7.77. The van der Waals surface area contributed by atoms with Crippen molar-refractivity contribution in [3.63, 3.8) is 0 Å². The number of halogens is 6. The van der Waals surface area contributed by atoms with Crippen molar-refractivity contribution >= 4 is 34.6 Å². The summed E-state index contributed by atoms with van der Waals surface area (Å²) in [5.41, 5.74) is 2.10. The van der Waals surface area contributed by atoms with Gasteiger partial charge in [-0.25, -0.2) is 22.0 Å². The van der Waals surface area contributed by atoms with Gasteiger partial charge in [-0.15, -0.1) is 0 Å². The molecule has 1 N–H and O–H groups in total. The predicted octanol–water partition coefficient (Wildman–Crippen LogP) is 6.00. The Hall–Kier alpha value is -3.53. The Morgan fingerprint density at radius 2 is 1.32 bits per heavy atom. The molecule has 37 heavy (non-hydrogen) atoms. The van der Waals surface area contributed by atoms with Gasteiger partial charge in [-0.05, 0) is 61.4 Å². The van der Waals surface area contributed by atoms with E-state index in [1.165, 1.54) is 0 Å². The van der Waals surface area contributed by atoms with Crippen LogP contribution in [0.3, 0.4) is 0 Å². The molecular formula is C26H23ClF5N3O2. The minimum Gasteiger partial charge on any atom is -0.484 e. The normalized spacial score (nSPS) is 13.6. The summed E-state index contributed by atoms with van der Waals surface area (Å²) in [5, 5.41) is 3.39. The smallest absolute Gasteiger partial charge is 0.262 e. The number of hydrogen-bond donors (Lipinski definition) is 1. The highest BCUT2D eigenvalue weighted by Crippen LogP contribution is 2.31. The van der Waals surface area contributed by atoms with Gasteiger partial charge in [-0.3, -0.25) is 4.79 Å². The third kappa shape index (κ3) is 5.58. The van der Waals surface area contributed by atoms with Crippen molar-refractivity contribution < 1.29 is 31.5 Å². The number of rotatable bonds is 6. The molecule has 0 spiro atoms. The highest BCUT2D eigenvalue weighted by Gasteiger charge is 2.30. The van der Waals surface area contributed by atoms with Crippen molar-refractivity contribution in [3.8, 4) is 5.75 Å². The number of amides is 1. The van der Waals surface area contributed by atoms with Crippen LogP contribution < -0.4 is 19.9 Å². The lowest BCUT2D eigenvalue weighted by Crippen LogP contribution is -2.47. The maximum atomic E-state index is 14.1. The van der Waals surface area contributed by atoms with E-state index in [2.05, 4.69) is 5.32 Å². The molecular weight excluding hydrogens is 517 g/mol. The SMILES string of the molecule is Cc1cc(OCC(=O)Nc2ccc(N3CCN(c4c(F)c(F)c(F)c(F)c4F)CC3)cc2)cc(C)c1Cl. The van der Waals surface area contributed by atoms with E-state index in [1.54, 1.807) is 36.4 Å². The van der Waals surface area contributed by atoms with Crippen LogP contribution in [0, 0.1) is 42.9 Å². The molecule has 196 valence electrons. The molecule has 11 heteroatoms. The molecule has 0 atom stereocenters. The zero-order chi connectivity index (χ0) is 26.9. The average Bonchev–Trinajstić information content (AvgIpc) is 2.89. The van der Waals surface area contributed by atoms with E-state index < -0.39 is 34.8 Å². The molecule has 1 heterocycles. The number of hydrogen-bond acceptors (Lipinski definition) is 4. The second kappa shape index (κ2) is 10.8. The number of nitrogens with one attached hydrogen (secondary N) is 1. The number of carbonyl (C=O) groups excluding carboxylic acids is 1. The van der Waals surface area contributed by atoms with Gasteiger partial charge in [0.05, 0.1) is 0 Å². The molecule has 0 unspecified atom stereocenters. The maximum Gasteiger partial charge on any atom is 0.262 e. The summed E-state index contributed by atoms with van der Waals surface area (Å²) in [6.07, 6.45) is 0. The molecule has 3 aromatic rings. The molecule has 0 saturated carbocycles. The van der Waals surface area contributed by atoms with Crippen LogP contribution >= 0.6 is 11.6 Å². The second-order valence-electron chi connectivity index (χ2n) is 8.65. The number of benzene rings is 3. The number of anilines is 3. The molecule has 1 amide bonds. The maximum absolute atomic E-state index is 14.1. The first-order valence-electron chi connectivity index (χ1n) is 11.4. The molecule has 0 bridgehead atoms. The Labute approximate surface area is 215 Å². The molecule has 1 aliphatic heterocycles. The highest BCUT2D eigenvalue weighted by atomic mass is 35.5. The van der Waals surface area contributed by atoms with E-state index in [0.29, 0.717) is 29.5 Å². The molecule has 1 saturated heterocycles. The van der Waals surface area contributed by atoms with Crippen molar-refractivity contribution in [1.29, 1.82) is 0 Å². The first kappa shape index (κ1) is 26.5. The highest BCUT2D eigenvalue weighted by molar-refractivity contribution is 6.32. The van der Waals surface area contributed by atoms with Crippen LogP contribution in [-0.2, 0) is 4.79 Å². The van der Waals surface area contributed by atoms with E-state index in [1.807, 2.05) is 18.7 Å². The van der Waals surface area contributed by atoms with Crippen LogP contribution in [-0.4, -0.2) is 38.7 Å². The summed E-state index contributed by atoms with van der Waals surface area (Å²) >= 11 is 6.14. The zero-order valence-corrected chi connectivity index (χ0v) is 20.7. The van der Waals surface area contributed by atoms with E-state index >= 15 is 0 Å². The Morgan fingerprint density at radius 1 is 0.838 bits per heavy atom. The number of carbonyl (C=O) groups is 1.